The summed E-state index contributed by atoms with van der Waals surface area (Å²) in [5.74, 6) is -0.114. The molecule has 0 saturated heterocycles. The summed E-state index contributed by atoms with van der Waals surface area (Å²) in [6, 6.07) is 7.83. The van der Waals surface area contributed by atoms with E-state index in [0.29, 0.717) is 24.0 Å². The van der Waals surface area contributed by atoms with Crippen LogP contribution in [0.5, 0.6) is 5.75 Å². The maximum atomic E-state index is 10.9. The van der Waals surface area contributed by atoms with Gasteiger partial charge in [-0.25, -0.2) is 9.78 Å². The lowest BCUT2D eigenvalue weighted by atomic mass is 10.2. The molecule has 106 valence electrons. The lowest BCUT2D eigenvalue weighted by Crippen LogP contribution is -2.11. The average molecular weight is 292 g/mol. The fourth-order valence-corrected chi connectivity index (χ4v) is 2.53. The van der Waals surface area contributed by atoms with Crippen LogP contribution in [-0.2, 0) is 0 Å². The Hall–Kier alpha value is -2.08. The van der Waals surface area contributed by atoms with Gasteiger partial charge in [0.05, 0.1) is 12.2 Å². The predicted octanol–water partition coefficient (Wildman–Crippen LogP) is 2.95. The van der Waals surface area contributed by atoms with Gasteiger partial charge < -0.3 is 15.2 Å². The van der Waals surface area contributed by atoms with Gasteiger partial charge in [0.25, 0.3) is 0 Å². The summed E-state index contributed by atoms with van der Waals surface area (Å²) in [6.07, 6.45) is 0. The maximum absolute atomic E-state index is 10.9. The Morgan fingerprint density at radius 1 is 1.45 bits per heavy atom. The van der Waals surface area contributed by atoms with Gasteiger partial charge in [-0.05, 0) is 31.5 Å². The molecule has 1 aromatic heterocycles. The van der Waals surface area contributed by atoms with Gasteiger partial charge in [0.2, 0.25) is 0 Å². The molecule has 0 atom stereocenters. The van der Waals surface area contributed by atoms with E-state index in [0.717, 1.165) is 22.6 Å². The number of hydrogen-bond acceptors (Lipinski definition) is 5. The molecule has 0 amide bonds. The third-order valence-electron chi connectivity index (χ3n) is 2.63. The molecule has 0 aliphatic heterocycles. The largest absolute Gasteiger partial charge is 0.492 e. The van der Waals surface area contributed by atoms with Crippen molar-refractivity contribution in [3.05, 3.63) is 40.4 Å². The van der Waals surface area contributed by atoms with Crippen LogP contribution in [0.3, 0.4) is 0 Å². The van der Waals surface area contributed by atoms with Gasteiger partial charge >= 0.3 is 5.97 Å². The van der Waals surface area contributed by atoms with Crippen molar-refractivity contribution in [2.45, 2.75) is 13.8 Å². The van der Waals surface area contributed by atoms with Gasteiger partial charge in [0.1, 0.15) is 17.2 Å². The van der Waals surface area contributed by atoms with Crippen molar-refractivity contribution in [3.8, 4) is 5.75 Å². The number of hydrogen-bond donors (Lipinski definition) is 2. The summed E-state index contributed by atoms with van der Waals surface area (Å²) in [7, 11) is 0. The minimum Gasteiger partial charge on any atom is -0.492 e. The lowest BCUT2D eigenvalue weighted by Gasteiger charge is -2.07. The van der Waals surface area contributed by atoms with Crippen molar-refractivity contribution in [2.75, 3.05) is 18.5 Å². The van der Waals surface area contributed by atoms with Crippen molar-refractivity contribution in [3.63, 3.8) is 0 Å². The van der Waals surface area contributed by atoms with Crippen LogP contribution in [0.1, 0.15) is 20.9 Å². The summed E-state index contributed by atoms with van der Waals surface area (Å²) < 4.78 is 5.59. The first kappa shape index (κ1) is 14.3. The first-order valence-corrected chi connectivity index (χ1v) is 7.02. The Labute approximate surface area is 121 Å². The number of aromatic nitrogens is 1. The van der Waals surface area contributed by atoms with Crippen molar-refractivity contribution in [1.82, 2.24) is 4.98 Å². The summed E-state index contributed by atoms with van der Waals surface area (Å²) in [5, 5.41) is 12.6. The first-order chi connectivity index (χ1) is 9.56. The van der Waals surface area contributed by atoms with E-state index in [4.69, 9.17) is 9.84 Å². The molecule has 2 N–H and O–H groups in total. The molecule has 1 aromatic carbocycles. The zero-order valence-corrected chi connectivity index (χ0v) is 12.2. The van der Waals surface area contributed by atoms with E-state index in [9.17, 15) is 4.79 Å². The van der Waals surface area contributed by atoms with Crippen molar-refractivity contribution in [1.29, 1.82) is 0 Å². The van der Waals surface area contributed by atoms with Gasteiger partial charge in [-0.2, -0.15) is 0 Å². The van der Waals surface area contributed by atoms with Crippen LogP contribution in [0.15, 0.2) is 24.3 Å². The normalized spacial score (nSPS) is 10.3. The molecule has 2 rings (SSSR count). The molecule has 0 unspecified atom stereocenters. The fraction of sp³-hybridized carbons (Fsp3) is 0.286. The zero-order valence-electron chi connectivity index (χ0n) is 11.3. The molecule has 2 aromatic rings. The standard InChI is InChI=1S/C14H16N2O3S/c1-9-4-3-5-11(8-9)19-7-6-15-14-16-10(2)12(20-14)13(17)18/h3-5,8H,6-7H2,1-2H3,(H,15,16)(H,17,18). The third kappa shape index (κ3) is 3.71. The number of carboxylic acids is 1. The van der Waals surface area contributed by atoms with E-state index in [1.165, 1.54) is 0 Å². The van der Waals surface area contributed by atoms with Gasteiger partial charge in [0.15, 0.2) is 5.13 Å². The van der Waals surface area contributed by atoms with Gasteiger partial charge in [-0.3, -0.25) is 0 Å². The predicted molar refractivity (Wildman–Crippen MR) is 79.0 cm³/mol. The highest BCUT2D eigenvalue weighted by Crippen LogP contribution is 2.22. The number of nitrogens with one attached hydrogen (secondary N) is 1. The number of carboxylic acid groups (broad SMARTS) is 1. The van der Waals surface area contributed by atoms with Crippen LogP contribution in [0, 0.1) is 13.8 Å². The van der Waals surface area contributed by atoms with Crippen LogP contribution >= 0.6 is 11.3 Å². The van der Waals surface area contributed by atoms with E-state index in [1.807, 2.05) is 31.2 Å². The Morgan fingerprint density at radius 2 is 2.25 bits per heavy atom. The van der Waals surface area contributed by atoms with Crippen molar-refractivity contribution < 1.29 is 14.6 Å². The minimum atomic E-state index is -0.941. The molecular formula is C14H16N2O3S. The number of ether oxygens (including phenoxy) is 1. The smallest absolute Gasteiger partial charge is 0.347 e. The second-order valence-corrected chi connectivity index (χ2v) is 5.33. The molecule has 20 heavy (non-hydrogen) atoms. The van der Waals surface area contributed by atoms with Crippen LogP contribution in [-0.4, -0.2) is 29.2 Å². The van der Waals surface area contributed by atoms with E-state index in [1.54, 1.807) is 6.92 Å². The molecule has 1 heterocycles. The Bertz CT molecular complexity index is 610. The molecule has 0 saturated carbocycles. The molecule has 6 heteroatoms. The van der Waals surface area contributed by atoms with Crippen molar-refractivity contribution in [2.24, 2.45) is 0 Å². The lowest BCUT2D eigenvalue weighted by molar-refractivity contribution is 0.0701. The maximum Gasteiger partial charge on any atom is 0.347 e. The van der Waals surface area contributed by atoms with E-state index in [-0.39, 0.29) is 4.88 Å². The molecule has 0 aliphatic rings. The number of aryl methyl sites for hydroxylation is 2. The van der Waals surface area contributed by atoms with Crippen molar-refractivity contribution >= 4 is 22.4 Å². The summed E-state index contributed by atoms with van der Waals surface area (Å²) in [4.78, 5) is 15.3. The fourth-order valence-electron chi connectivity index (χ4n) is 1.70. The SMILES string of the molecule is Cc1cccc(OCCNc2nc(C)c(C(=O)O)s2)c1. The first-order valence-electron chi connectivity index (χ1n) is 6.20. The summed E-state index contributed by atoms with van der Waals surface area (Å²) in [6.45, 7) is 4.76. The number of aromatic carboxylic acids is 1. The summed E-state index contributed by atoms with van der Waals surface area (Å²) in [5.41, 5.74) is 1.68. The zero-order chi connectivity index (χ0) is 14.5. The third-order valence-corrected chi connectivity index (χ3v) is 3.73. The minimum absolute atomic E-state index is 0.270. The topological polar surface area (TPSA) is 71.5 Å². The Morgan fingerprint density at radius 3 is 2.90 bits per heavy atom. The van der Waals surface area contributed by atoms with Crippen LogP contribution in [0.2, 0.25) is 0 Å². The number of carbonyl (C=O) groups is 1. The van der Waals surface area contributed by atoms with Gasteiger partial charge in [-0.1, -0.05) is 23.5 Å². The van der Waals surface area contributed by atoms with Crippen LogP contribution < -0.4 is 10.1 Å². The van der Waals surface area contributed by atoms with Crippen LogP contribution in [0.4, 0.5) is 5.13 Å². The number of anilines is 1. The van der Waals surface area contributed by atoms with Crippen LogP contribution in [0.25, 0.3) is 0 Å². The quantitative estimate of drug-likeness (QED) is 0.801. The summed E-state index contributed by atoms with van der Waals surface area (Å²) >= 11 is 1.14. The Balaban J connectivity index is 1.81. The van der Waals surface area contributed by atoms with E-state index in [2.05, 4.69) is 10.3 Å². The van der Waals surface area contributed by atoms with Gasteiger partial charge in [0, 0.05) is 0 Å². The molecule has 0 aliphatic carbocycles. The monoisotopic (exact) mass is 292 g/mol. The highest BCUT2D eigenvalue weighted by Gasteiger charge is 2.13. The highest BCUT2D eigenvalue weighted by atomic mass is 32.1. The second-order valence-electron chi connectivity index (χ2n) is 4.33. The molecule has 0 bridgehead atoms. The van der Waals surface area contributed by atoms with E-state index < -0.39 is 5.97 Å². The highest BCUT2D eigenvalue weighted by molar-refractivity contribution is 7.17. The molecule has 5 nitrogen and oxygen atoms in total. The molecular weight excluding hydrogens is 276 g/mol. The number of benzene rings is 1. The molecule has 0 spiro atoms. The number of rotatable bonds is 6. The van der Waals surface area contributed by atoms with Gasteiger partial charge in [-0.15, -0.1) is 0 Å². The average Bonchev–Trinajstić information content (AvgIpc) is 2.76. The molecule has 0 fully saturated rings. The second kappa shape index (κ2) is 6.38. The molecule has 0 radical (unpaired) electrons. The Kier molecular flexibility index (Phi) is 4.57. The number of nitrogens with zero attached hydrogens (tertiary/aromatic N) is 1. The van der Waals surface area contributed by atoms with E-state index >= 15 is 0 Å². The number of thiazole rings is 1.